The van der Waals surface area contributed by atoms with Crippen molar-refractivity contribution in [3.63, 3.8) is 0 Å². The molecule has 1 aliphatic heterocycles. The van der Waals surface area contributed by atoms with Crippen LogP contribution in [0, 0.1) is 0 Å². The molecule has 6 heteroatoms. The molecule has 1 aliphatic rings. The third kappa shape index (κ3) is 5.54. The monoisotopic (exact) mass is 318 g/mol. The van der Waals surface area contributed by atoms with E-state index in [1.165, 1.54) is 0 Å². The molecule has 1 aromatic heterocycles. The van der Waals surface area contributed by atoms with Crippen molar-refractivity contribution in [1.29, 1.82) is 0 Å². The van der Waals surface area contributed by atoms with Gasteiger partial charge in [0, 0.05) is 51.8 Å². The molecule has 2 heterocycles. The molecule has 0 radical (unpaired) electrons. The number of nitrogens with one attached hydrogen (secondary N) is 1. The summed E-state index contributed by atoms with van der Waals surface area (Å²) in [5, 5.41) is 2.82. The van der Waals surface area contributed by atoms with Crippen LogP contribution >= 0.6 is 0 Å². The molecular weight excluding hydrogens is 292 g/mol. The summed E-state index contributed by atoms with van der Waals surface area (Å²) in [6.07, 6.45) is 4.62. The highest BCUT2D eigenvalue weighted by molar-refractivity contribution is 5.79. The highest BCUT2D eigenvalue weighted by Crippen LogP contribution is 2.12. The number of rotatable bonds is 7. The van der Waals surface area contributed by atoms with Gasteiger partial charge in [-0.25, -0.2) is 4.98 Å². The number of nitrogens with zero attached hydrogens (tertiary/aromatic N) is 3. The van der Waals surface area contributed by atoms with Crippen molar-refractivity contribution in [2.45, 2.75) is 32.6 Å². The Kier molecular flexibility index (Phi) is 6.84. The fourth-order valence-corrected chi connectivity index (χ4v) is 2.62. The standard InChI is InChI=1S/C17H26N4O2/c1-2-3-7-16(22)19-10-8-17(23)21-13-11-20(12-14-21)15-6-4-5-9-18-15/h4-6,9H,2-3,7-8,10-14H2,1H3,(H,19,22). The van der Waals surface area contributed by atoms with E-state index in [4.69, 9.17) is 0 Å². The Hall–Kier alpha value is -2.11. The molecule has 126 valence electrons. The minimum atomic E-state index is 0.0413. The number of piperazine rings is 1. The van der Waals surface area contributed by atoms with E-state index >= 15 is 0 Å². The summed E-state index contributed by atoms with van der Waals surface area (Å²) in [6.45, 7) is 5.50. The van der Waals surface area contributed by atoms with Crippen LogP contribution in [0.3, 0.4) is 0 Å². The zero-order valence-electron chi connectivity index (χ0n) is 13.8. The normalized spacial score (nSPS) is 14.7. The minimum Gasteiger partial charge on any atom is -0.356 e. The third-order valence-electron chi connectivity index (χ3n) is 4.02. The third-order valence-corrected chi connectivity index (χ3v) is 4.02. The first kappa shape index (κ1) is 17.2. The minimum absolute atomic E-state index is 0.0413. The van der Waals surface area contributed by atoms with E-state index in [2.05, 4.69) is 22.1 Å². The Morgan fingerprint density at radius 1 is 1.17 bits per heavy atom. The van der Waals surface area contributed by atoms with Gasteiger partial charge in [0.05, 0.1) is 0 Å². The fourth-order valence-electron chi connectivity index (χ4n) is 2.62. The lowest BCUT2D eigenvalue weighted by atomic mass is 10.2. The molecule has 1 saturated heterocycles. The topological polar surface area (TPSA) is 65.5 Å². The second kappa shape index (κ2) is 9.12. The average molecular weight is 318 g/mol. The second-order valence-electron chi connectivity index (χ2n) is 5.76. The Labute approximate surface area is 137 Å². The van der Waals surface area contributed by atoms with Crippen LogP contribution in [0.2, 0.25) is 0 Å². The first-order valence-electron chi connectivity index (χ1n) is 8.41. The van der Waals surface area contributed by atoms with E-state index < -0.39 is 0 Å². The first-order chi connectivity index (χ1) is 11.2. The molecule has 0 spiro atoms. The van der Waals surface area contributed by atoms with Gasteiger partial charge in [-0.1, -0.05) is 19.4 Å². The van der Waals surface area contributed by atoms with Crippen molar-refractivity contribution in [2.75, 3.05) is 37.6 Å². The van der Waals surface area contributed by atoms with Crippen LogP contribution in [-0.2, 0) is 9.59 Å². The van der Waals surface area contributed by atoms with E-state index in [0.29, 0.717) is 32.5 Å². The SMILES string of the molecule is CCCCC(=O)NCCC(=O)N1CCN(c2ccccn2)CC1. The molecule has 1 aromatic rings. The van der Waals surface area contributed by atoms with Crippen LogP contribution in [0.1, 0.15) is 32.6 Å². The van der Waals surface area contributed by atoms with Crippen LogP contribution in [0.25, 0.3) is 0 Å². The van der Waals surface area contributed by atoms with Crippen molar-refractivity contribution in [3.05, 3.63) is 24.4 Å². The first-order valence-corrected chi connectivity index (χ1v) is 8.41. The molecule has 0 atom stereocenters. The predicted octanol–water partition coefficient (Wildman–Crippen LogP) is 1.43. The molecule has 23 heavy (non-hydrogen) atoms. The zero-order chi connectivity index (χ0) is 16.5. The van der Waals surface area contributed by atoms with Gasteiger partial charge in [0.25, 0.3) is 0 Å². The second-order valence-corrected chi connectivity index (χ2v) is 5.76. The molecule has 2 rings (SSSR count). The number of unbranched alkanes of at least 4 members (excludes halogenated alkanes) is 1. The largest absolute Gasteiger partial charge is 0.356 e. The lowest BCUT2D eigenvalue weighted by molar-refractivity contribution is -0.131. The van der Waals surface area contributed by atoms with Crippen molar-refractivity contribution < 1.29 is 9.59 Å². The molecule has 1 N–H and O–H groups in total. The Morgan fingerprint density at radius 3 is 2.61 bits per heavy atom. The van der Waals surface area contributed by atoms with E-state index in [1.54, 1.807) is 6.20 Å². The quantitative estimate of drug-likeness (QED) is 0.826. The maximum Gasteiger partial charge on any atom is 0.224 e. The summed E-state index contributed by atoms with van der Waals surface area (Å²) >= 11 is 0. The molecule has 6 nitrogen and oxygen atoms in total. The fraction of sp³-hybridized carbons (Fsp3) is 0.588. The van der Waals surface area contributed by atoms with Gasteiger partial charge in [-0.3, -0.25) is 9.59 Å². The van der Waals surface area contributed by atoms with E-state index in [9.17, 15) is 9.59 Å². The predicted molar refractivity (Wildman–Crippen MR) is 90.2 cm³/mol. The number of carbonyl (C=O) groups excluding carboxylic acids is 2. The average Bonchev–Trinajstić information content (AvgIpc) is 2.60. The van der Waals surface area contributed by atoms with Crippen LogP contribution in [0.4, 0.5) is 5.82 Å². The van der Waals surface area contributed by atoms with Crippen molar-refractivity contribution in [2.24, 2.45) is 0 Å². The number of amides is 2. The number of hydrogen-bond acceptors (Lipinski definition) is 4. The Morgan fingerprint density at radius 2 is 1.96 bits per heavy atom. The van der Waals surface area contributed by atoms with E-state index in [1.807, 2.05) is 23.1 Å². The lowest BCUT2D eigenvalue weighted by Crippen LogP contribution is -2.49. The van der Waals surface area contributed by atoms with Crippen LogP contribution in [0.5, 0.6) is 0 Å². The molecule has 0 aromatic carbocycles. The van der Waals surface area contributed by atoms with Crippen LogP contribution < -0.4 is 10.2 Å². The van der Waals surface area contributed by atoms with Crippen molar-refractivity contribution in [3.8, 4) is 0 Å². The van der Waals surface area contributed by atoms with Gasteiger partial charge in [-0.2, -0.15) is 0 Å². The van der Waals surface area contributed by atoms with Crippen LogP contribution in [0.15, 0.2) is 24.4 Å². The highest BCUT2D eigenvalue weighted by Gasteiger charge is 2.21. The number of anilines is 1. The Balaban J connectivity index is 1.66. The zero-order valence-corrected chi connectivity index (χ0v) is 13.8. The van der Waals surface area contributed by atoms with Gasteiger partial charge < -0.3 is 15.1 Å². The van der Waals surface area contributed by atoms with Gasteiger partial charge in [0.15, 0.2) is 0 Å². The molecule has 1 fully saturated rings. The van der Waals surface area contributed by atoms with Crippen molar-refractivity contribution >= 4 is 17.6 Å². The van der Waals surface area contributed by atoms with E-state index in [-0.39, 0.29) is 11.8 Å². The van der Waals surface area contributed by atoms with Gasteiger partial charge in [0.1, 0.15) is 5.82 Å². The van der Waals surface area contributed by atoms with Crippen molar-refractivity contribution in [1.82, 2.24) is 15.2 Å². The number of carbonyl (C=O) groups is 2. The van der Waals surface area contributed by atoms with Gasteiger partial charge in [0.2, 0.25) is 11.8 Å². The maximum atomic E-state index is 12.2. The summed E-state index contributed by atoms with van der Waals surface area (Å²) in [7, 11) is 0. The van der Waals surface area contributed by atoms with E-state index in [0.717, 1.165) is 31.7 Å². The molecule has 2 amide bonds. The summed E-state index contributed by atoms with van der Waals surface area (Å²) in [6, 6.07) is 5.86. The number of pyridine rings is 1. The smallest absolute Gasteiger partial charge is 0.224 e. The van der Waals surface area contributed by atoms with Crippen LogP contribution in [-0.4, -0.2) is 54.4 Å². The summed E-state index contributed by atoms with van der Waals surface area (Å²) in [5.74, 6) is 1.11. The number of aromatic nitrogens is 1. The number of hydrogen-bond donors (Lipinski definition) is 1. The van der Waals surface area contributed by atoms with Gasteiger partial charge in [-0.05, 0) is 18.6 Å². The summed E-state index contributed by atoms with van der Waals surface area (Å²) in [5.41, 5.74) is 0. The van der Waals surface area contributed by atoms with Gasteiger partial charge >= 0.3 is 0 Å². The highest BCUT2D eigenvalue weighted by atomic mass is 16.2. The maximum absolute atomic E-state index is 12.2. The molecule has 0 aliphatic carbocycles. The molecule has 0 unspecified atom stereocenters. The summed E-state index contributed by atoms with van der Waals surface area (Å²) in [4.78, 5) is 32.1. The Bertz CT molecular complexity index is 499. The summed E-state index contributed by atoms with van der Waals surface area (Å²) < 4.78 is 0. The van der Waals surface area contributed by atoms with Gasteiger partial charge in [-0.15, -0.1) is 0 Å². The molecule has 0 saturated carbocycles. The molecular formula is C17H26N4O2. The lowest BCUT2D eigenvalue weighted by Gasteiger charge is -2.35. The molecule has 0 bridgehead atoms.